The number of aryl methyl sites for hydroxylation is 1. The zero-order valence-electron chi connectivity index (χ0n) is 11.5. The topological polar surface area (TPSA) is 65.2 Å². The van der Waals surface area contributed by atoms with Crippen molar-refractivity contribution in [1.82, 2.24) is 4.98 Å². The maximum absolute atomic E-state index is 11.9. The molecule has 1 atom stereocenters. The average Bonchev–Trinajstić information content (AvgIpc) is 2.48. The van der Waals surface area contributed by atoms with E-state index in [0.29, 0.717) is 6.42 Å². The molecular formula is C16H18N2O2. The SMILES string of the molecule is Cc1cccnc1C[C@H](N)C(=O)OCc1ccccc1. The molecule has 0 saturated carbocycles. The van der Waals surface area contributed by atoms with Gasteiger partial charge in [-0.15, -0.1) is 0 Å². The van der Waals surface area contributed by atoms with Crippen molar-refractivity contribution in [2.24, 2.45) is 5.73 Å². The quantitative estimate of drug-likeness (QED) is 0.844. The van der Waals surface area contributed by atoms with Crippen molar-refractivity contribution in [2.45, 2.75) is 26.0 Å². The minimum atomic E-state index is -0.688. The predicted molar refractivity (Wildman–Crippen MR) is 76.9 cm³/mol. The molecule has 0 saturated heterocycles. The Morgan fingerprint density at radius 3 is 2.70 bits per heavy atom. The molecule has 20 heavy (non-hydrogen) atoms. The predicted octanol–water partition coefficient (Wildman–Crippen LogP) is 2.00. The Morgan fingerprint density at radius 2 is 2.00 bits per heavy atom. The third kappa shape index (κ3) is 3.90. The van der Waals surface area contributed by atoms with Crippen LogP contribution < -0.4 is 5.73 Å². The Hall–Kier alpha value is -2.20. The van der Waals surface area contributed by atoms with Crippen molar-refractivity contribution in [3.05, 3.63) is 65.5 Å². The highest BCUT2D eigenvalue weighted by molar-refractivity contribution is 5.75. The van der Waals surface area contributed by atoms with Crippen molar-refractivity contribution in [3.8, 4) is 0 Å². The summed E-state index contributed by atoms with van der Waals surface area (Å²) in [5.41, 5.74) is 8.67. The van der Waals surface area contributed by atoms with Crippen molar-refractivity contribution < 1.29 is 9.53 Å². The number of hydrogen-bond acceptors (Lipinski definition) is 4. The smallest absolute Gasteiger partial charge is 0.323 e. The fraction of sp³-hybridized carbons (Fsp3) is 0.250. The van der Waals surface area contributed by atoms with Crippen LogP contribution in [0.2, 0.25) is 0 Å². The second-order valence-electron chi connectivity index (χ2n) is 4.67. The Balaban J connectivity index is 1.88. The van der Waals surface area contributed by atoms with E-state index >= 15 is 0 Å². The highest BCUT2D eigenvalue weighted by atomic mass is 16.5. The van der Waals surface area contributed by atoms with Crippen LogP contribution in [-0.4, -0.2) is 17.0 Å². The van der Waals surface area contributed by atoms with Crippen molar-refractivity contribution in [3.63, 3.8) is 0 Å². The van der Waals surface area contributed by atoms with Crippen LogP contribution in [0.25, 0.3) is 0 Å². The van der Waals surface area contributed by atoms with Gasteiger partial charge in [-0.3, -0.25) is 9.78 Å². The number of rotatable bonds is 5. The molecular weight excluding hydrogens is 252 g/mol. The summed E-state index contributed by atoms with van der Waals surface area (Å²) in [6.07, 6.45) is 2.09. The van der Waals surface area contributed by atoms with Gasteiger partial charge in [-0.1, -0.05) is 36.4 Å². The number of ether oxygens (including phenoxy) is 1. The summed E-state index contributed by atoms with van der Waals surface area (Å²) >= 11 is 0. The standard InChI is InChI=1S/C16H18N2O2/c1-12-6-5-9-18-15(12)10-14(17)16(19)20-11-13-7-3-2-4-8-13/h2-9,14H,10-11,17H2,1H3/t14-/m0/s1. The van der Waals surface area contributed by atoms with Crippen LogP contribution in [0.5, 0.6) is 0 Å². The number of pyridine rings is 1. The van der Waals surface area contributed by atoms with E-state index in [-0.39, 0.29) is 6.61 Å². The maximum atomic E-state index is 11.9. The molecule has 0 fully saturated rings. The molecule has 0 radical (unpaired) electrons. The van der Waals surface area contributed by atoms with Gasteiger partial charge >= 0.3 is 5.97 Å². The Kier molecular flexibility index (Phi) is 4.85. The molecule has 1 aromatic heterocycles. The number of carbonyl (C=O) groups is 1. The average molecular weight is 270 g/mol. The van der Waals surface area contributed by atoms with Crippen LogP contribution in [0.1, 0.15) is 16.8 Å². The lowest BCUT2D eigenvalue weighted by Gasteiger charge is -2.12. The summed E-state index contributed by atoms with van der Waals surface area (Å²) in [7, 11) is 0. The van der Waals surface area contributed by atoms with E-state index in [1.54, 1.807) is 6.20 Å². The molecule has 1 aromatic carbocycles. The van der Waals surface area contributed by atoms with Crippen LogP contribution in [0.3, 0.4) is 0 Å². The molecule has 0 amide bonds. The third-order valence-electron chi connectivity index (χ3n) is 3.06. The molecule has 0 unspecified atom stereocenters. The second kappa shape index (κ2) is 6.82. The minimum Gasteiger partial charge on any atom is -0.460 e. The van der Waals surface area contributed by atoms with Gasteiger partial charge in [0.05, 0.1) is 0 Å². The van der Waals surface area contributed by atoms with E-state index in [1.165, 1.54) is 0 Å². The lowest BCUT2D eigenvalue weighted by molar-refractivity contribution is -0.146. The first-order valence-electron chi connectivity index (χ1n) is 6.53. The molecule has 0 spiro atoms. The zero-order chi connectivity index (χ0) is 14.4. The van der Waals surface area contributed by atoms with E-state index in [0.717, 1.165) is 16.8 Å². The van der Waals surface area contributed by atoms with Crippen molar-refractivity contribution in [2.75, 3.05) is 0 Å². The van der Waals surface area contributed by atoms with E-state index in [1.807, 2.05) is 49.4 Å². The Bertz CT molecular complexity index is 570. The fourth-order valence-electron chi connectivity index (χ4n) is 1.86. The summed E-state index contributed by atoms with van der Waals surface area (Å²) in [4.78, 5) is 16.1. The van der Waals surface area contributed by atoms with Gasteiger partial charge in [0.25, 0.3) is 0 Å². The number of esters is 1. The number of nitrogens with two attached hydrogens (primary N) is 1. The monoisotopic (exact) mass is 270 g/mol. The highest BCUT2D eigenvalue weighted by Crippen LogP contribution is 2.07. The lowest BCUT2D eigenvalue weighted by atomic mass is 10.1. The van der Waals surface area contributed by atoms with Gasteiger partial charge in [-0.25, -0.2) is 0 Å². The summed E-state index contributed by atoms with van der Waals surface area (Å²) in [6, 6.07) is 12.7. The summed E-state index contributed by atoms with van der Waals surface area (Å²) in [5.74, 6) is -0.404. The van der Waals surface area contributed by atoms with E-state index in [4.69, 9.17) is 10.5 Å². The third-order valence-corrected chi connectivity index (χ3v) is 3.06. The maximum Gasteiger partial charge on any atom is 0.323 e. The second-order valence-corrected chi connectivity index (χ2v) is 4.67. The summed E-state index contributed by atoms with van der Waals surface area (Å²) < 4.78 is 5.21. The van der Waals surface area contributed by atoms with Gasteiger partial charge in [-0.2, -0.15) is 0 Å². The Labute approximate surface area is 118 Å². The van der Waals surface area contributed by atoms with Crippen molar-refractivity contribution >= 4 is 5.97 Å². The summed E-state index contributed by atoms with van der Waals surface area (Å²) in [6.45, 7) is 2.19. The number of nitrogens with zero attached hydrogens (tertiary/aromatic N) is 1. The molecule has 0 aliphatic heterocycles. The largest absolute Gasteiger partial charge is 0.460 e. The fourth-order valence-corrected chi connectivity index (χ4v) is 1.86. The number of carbonyl (C=O) groups excluding carboxylic acids is 1. The molecule has 0 aliphatic carbocycles. The van der Waals surface area contributed by atoms with Gasteiger partial charge in [0, 0.05) is 18.3 Å². The van der Waals surface area contributed by atoms with E-state index < -0.39 is 12.0 Å². The molecule has 4 heteroatoms. The van der Waals surface area contributed by atoms with Crippen molar-refractivity contribution in [1.29, 1.82) is 0 Å². The first-order chi connectivity index (χ1) is 9.66. The van der Waals surface area contributed by atoms with Gasteiger partial charge in [-0.05, 0) is 24.1 Å². The van der Waals surface area contributed by atoms with Crippen LogP contribution in [0, 0.1) is 6.92 Å². The molecule has 2 aromatic rings. The van der Waals surface area contributed by atoms with Crippen LogP contribution in [-0.2, 0) is 22.6 Å². The first-order valence-corrected chi connectivity index (χ1v) is 6.53. The molecule has 0 bridgehead atoms. The lowest BCUT2D eigenvalue weighted by Crippen LogP contribution is -2.34. The van der Waals surface area contributed by atoms with E-state index in [2.05, 4.69) is 4.98 Å². The van der Waals surface area contributed by atoms with Gasteiger partial charge in [0.2, 0.25) is 0 Å². The zero-order valence-corrected chi connectivity index (χ0v) is 11.5. The minimum absolute atomic E-state index is 0.245. The normalized spacial score (nSPS) is 11.9. The van der Waals surface area contributed by atoms with E-state index in [9.17, 15) is 4.79 Å². The number of hydrogen-bond donors (Lipinski definition) is 1. The van der Waals surface area contributed by atoms with Gasteiger partial charge in [0.15, 0.2) is 0 Å². The van der Waals surface area contributed by atoms with Gasteiger partial charge in [0.1, 0.15) is 12.6 Å². The summed E-state index contributed by atoms with van der Waals surface area (Å²) in [5, 5.41) is 0. The van der Waals surface area contributed by atoms with Crippen LogP contribution in [0.15, 0.2) is 48.7 Å². The molecule has 0 aliphatic rings. The van der Waals surface area contributed by atoms with Gasteiger partial charge < -0.3 is 10.5 Å². The molecule has 1 heterocycles. The Morgan fingerprint density at radius 1 is 1.25 bits per heavy atom. The molecule has 104 valence electrons. The number of aromatic nitrogens is 1. The molecule has 4 nitrogen and oxygen atoms in total. The molecule has 2 N–H and O–H groups in total. The van der Waals surface area contributed by atoms with Crippen LogP contribution in [0.4, 0.5) is 0 Å². The number of benzene rings is 1. The first kappa shape index (κ1) is 14.2. The van der Waals surface area contributed by atoms with Crippen LogP contribution >= 0.6 is 0 Å². The highest BCUT2D eigenvalue weighted by Gasteiger charge is 2.17. The molecule has 2 rings (SSSR count).